The average Bonchev–Trinajstić information content (AvgIpc) is 2.27. The molecule has 0 aliphatic carbocycles. The molecule has 96 valence electrons. The zero-order chi connectivity index (χ0) is 12.8. The van der Waals surface area contributed by atoms with Crippen LogP contribution in [0.15, 0.2) is 18.2 Å². The lowest BCUT2D eigenvalue weighted by atomic mass is 9.97. The molecule has 1 aromatic carbocycles. The summed E-state index contributed by atoms with van der Waals surface area (Å²) >= 11 is 12.3. The third-order valence-corrected chi connectivity index (χ3v) is 3.89. The molecule has 0 saturated heterocycles. The van der Waals surface area contributed by atoms with E-state index in [0.717, 1.165) is 34.9 Å². The number of hydrogen-bond donors (Lipinski definition) is 1. The van der Waals surface area contributed by atoms with Crippen LogP contribution in [0, 0.1) is 5.92 Å². The first-order valence-corrected chi connectivity index (χ1v) is 6.92. The van der Waals surface area contributed by atoms with Gasteiger partial charge in [0.05, 0.1) is 0 Å². The molecule has 0 aliphatic heterocycles. The first-order chi connectivity index (χ1) is 8.06. The molecular formula is C14H21Cl2N. The second-order valence-corrected chi connectivity index (χ2v) is 5.55. The Kier molecular flexibility index (Phi) is 6.32. The zero-order valence-electron chi connectivity index (χ0n) is 10.8. The van der Waals surface area contributed by atoms with Crippen LogP contribution in [0.5, 0.6) is 0 Å². The van der Waals surface area contributed by atoms with Crippen molar-refractivity contribution in [2.45, 2.75) is 39.2 Å². The summed E-state index contributed by atoms with van der Waals surface area (Å²) in [7, 11) is 2.02. The van der Waals surface area contributed by atoms with Gasteiger partial charge in [-0.15, -0.1) is 0 Å². The Labute approximate surface area is 115 Å². The molecule has 0 bridgehead atoms. The van der Waals surface area contributed by atoms with Crippen molar-refractivity contribution in [2.24, 2.45) is 5.92 Å². The second kappa shape index (κ2) is 7.25. The minimum atomic E-state index is 0.566. The molecule has 1 unspecified atom stereocenters. The molecule has 0 spiro atoms. The lowest BCUT2D eigenvalue weighted by molar-refractivity contribution is 0.393. The topological polar surface area (TPSA) is 12.0 Å². The summed E-state index contributed by atoms with van der Waals surface area (Å²) in [5.74, 6) is 0.654. The summed E-state index contributed by atoms with van der Waals surface area (Å²) in [6.07, 6.45) is 3.20. The van der Waals surface area contributed by atoms with Crippen molar-refractivity contribution >= 4 is 23.2 Å². The van der Waals surface area contributed by atoms with Crippen molar-refractivity contribution in [1.82, 2.24) is 5.32 Å². The van der Waals surface area contributed by atoms with E-state index in [4.69, 9.17) is 23.2 Å². The van der Waals surface area contributed by atoms with Crippen LogP contribution in [0.1, 0.15) is 32.3 Å². The predicted molar refractivity (Wildman–Crippen MR) is 77.1 cm³/mol. The van der Waals surface area contributed by atoms with Gasteiger partial charge >= 0.3 is 0 Å². The maximum Gasteiger partial charge on any atom is 0.0452 e. The molecule has 0 heterocycles. The highest BCUT2D eigenvalue weighted by Crippen LogP contribution is 2.26. The fourth-order valence-corrected chi connectivity index (χ4v) is 2.67. The number of halogens is 2. The van der Waals surface area contributed by atoms with E-state index in [9.17, 15) is 0 Å². The van der Waals surface area contributed by atoms with Crippen molar-refractivity contribution in [1.29, 1.82) is 0 Å². The molecule has 0 aliphatic rings. The summed E-state index contributed by atoms with van der Waals surface area (Å²) in [4.78, 5) is 0. The van der Waals surface area contributed by atoms with Gasteiger partial charge < -0.3 is 5.32 Å². The van der Waals surface area contributed by atoms with E-state index in [1.807, 2.05) is 25.2 Å². The van der Waals surface area contributed by atoms with E-state index in [1.54, 1.807) is 0 Å². The molecule has 17 heavy (non-hydrogen) atoms. The van der Waals surface area contributed by atoms with Gasteiger partial charge in [-0.3, -0.25) is 0 Å². The van der Waals surface area contributed by atoms with Crippen molar-refractivity contribution < 1.29 is 0 Å². The van der Waals surface area contributed by atoms with Crippen LogP contribution < -0.4 is 5.32 Å². The fourth-order valence-electron chi connectivity index (χ4n) is 2.08. The standard InChI is InChI=1S/C14H21Cl2N/c1-10(2)14(17-3)9-4-6-11-12(15)7-5-8-13(11)16/h5,7-8,10,14,17H,4,6,9H2,1-3H3. The Morgan fingerprint density at radius 3 is 2.24 bits per heavy atom. The van der Waals surface area contributed by atoms with Crippen molar-refractivity contribution in [3.05, 3.63) is 33.8 Å². The Morgan fingerprint density at radius 2 is 1.76 bits per heavy atom. The highest BCUT2D eigenvalue weighted by molar-refractivity contribution is 6.35. The normalized spacial score (nSPS) is 13.1. The maximum absolute atomic E-state index is 6.14. The third-order valence-electron chi connectivity index (χ3n) is 3.18. The fraction of sp³-hybridized carbons (Fsp3) is 0.571. The molecule has 0 fully saturated rings. The first kappa shape index (κ1) is 14.8. The Balaban J connectivity index is 2.51. The Hall–Kier alpha value is -0.240. The zero-order valence-corrected chi connectivity index (χ0v) is 12.3. The van der Waals surface area contributed by atoms with E-state index in [0.29, 0.717) is 12.0 Å². The van der Waals surface area contributed by atoms with Gasteiger partial charge in [-0.05, 0) is 49.9 Å². The number of rotatable bonds is 6. The largest absolute Gasteiger partial charge is 0.317 e. The highest BCUT2D eigenvalue weighted by atomic mass is 35.5. The number of benzene rings is 1. The maximum atomic E-state index is 6.14. The highest BCUT2D eigenvalue weighted by Gasteiger charge is 2.11. The molecule has 1 aromatic rings. The minimum absolute atomic E-state index is 0.566. The van der Waals surface area contributed by atoms with E-state index < -0.39 is 0 Å². The quantitative estimate of drug-likeness (QED) is 0.801. The van der Waals surface area contributed by atoms with Gasteiger partial charge in [0.2, 0.25) is 0 Å². The summed E-state index contributed by atoms with van der Waals surface area (Å²) in [6, 6.07) is 6.26. The van der Waals surface area contributed by atoms with Crippen molar-refractivity contribution in [2.75, 3.05) is 7.05 Å². The lowest BCUT2D eigenvalue weighted by Gasteiger charge is -2.20. The van der Waals surface area contributed by atoms with Gasteiger partial charge in [0.15, 0.2) is 0 Å². The van der Waals surface area contributed by atoms with Crippen LogP contribution in [-0.2, 0) is 6.42 Å². The van der Waals surface area contributed by atoms with Crippen LogP contribution in [0.3, 0.4) is 0 Å². The predicted octanol–water partition coefficient (Wildman–Crippen LogP) is 4.56. The van der Waals surface area contributed by atoms with Crippen molar-refractivity contribution in [3.63, 3.8) is 0 Å². The van der Waals surface area contributed by atoms with Crippen molar-refractivity contribution in [3.8, 4) is 0 Å². The van der Waals surface area contributed by atoms with Gasteiger partial charge in [-0.25, -0.2) is 0 Å². The molecule has 0 saturated carbocycles. The smallest absolute Gasteiger partial charge is 0.0452 e. The van der Waals surface area contributed by atoms with E-state index >= 15 is 0 Å². The molecule has 1 nitrogen and oxygen atoms in total. The Morgan fingerprint density at radius 1 is 1.18 bits per heavy atom. The molecule has 1 atom stereocenters. The monoisotopic (exact) mass is 273 g/mol. The molecule has 1 N–H and O–H groups in total. The van der Waals surface area contributed by atoms with Crippen LogP contribution in [0.4, 0.5) is 0 Å². The van der Waals surface area contributed by atoms with Gasteiger partial charge in [0.1, 0.15) is 0 Å². The van der Waals surface area contributed by atoms with E-state index in [1.165, 1.54) is 0 Å². The summed E-state index contributed by atoms with van der Waals surface area (Å²) in [5, 5.41) is 4.91. The third kappa shape index (κ3) is 4.50. The van der Waals surface area contributed by atoms with Gasteiger partial charge in [-0.1, -0.05) is 43.1 Å². The number of nitrogens with one attached hydrogen (secondary N) is 1. The van der Waals surface area contributed by atoms with Crippen LogP contribution in [0.2, 0.25) is 10.0 Å². The molecule has 3 heteroatoms. The molecule has 0 amide bonds. The van der Waals surface area contributed by atoms with E-state index in [-0.39, 0.29) is 0 Å². The summed E-state index contributed by atoms with van der Waals surface area (Å²) in [5.41, 5.74) is 1.08. The lowest BCUT2D eigenvalue weighted by Crippen LogP contribution is -2.30. The van der Waals surface area contributed by atoms with Gasteiger partial charge in [0, 0.05) is 16.1 Å². The second-order valence-electron chi connectivity index (χ2n) is 4.73. The van der Waals surface area contributed by atoms with Crippen LogP contribution in [0.25, 0.3) is 0 Å². The molecule has 0 radical (unpaired) electrons. The number of hydrogen-bond acceptors (Lipinski definition) is 1. The Bertz CT molecular complexity index is 330. The van der Waals surface area contributed by atoms with Gasteiger partial charge in [-0.2, -0.15) is 0 Å². The first-order valence-electron chi connectivity index (χ1n) is 6.16. The van der Waals surface area contributed by atoms with E-state index in [2.05, 4.69) is 19.2 Å². The van der Waals surface area contributed by atoms with Gasteiger partial charge in [0.25, 0.3) is 0 Å². The van der Waals surface area contributed by atoms with Crippen LogP contribution >= 0.6 is 23.2 Å². The van der Waals surface area contributed by atoms with Crippen LogP contribution in [-0.4, -0.2) is 13.1 Å². The summed E-state index contributed by atoms with van der Waals surface area (Å²) in [6.45, 7) is 4.48. The summed E-state index contributed by atoms with van der Waals surface area (Å²) < 4.78 is 0. The SMILES string of the molecule is CNC(CCCc1c(Cl)cccc1Cl)C(C)C. The molecular weight excluding hydrogens is 253 g/mol. The minimum Gasteiger partial charge on any atom is -0.317 e. The average molecular weight is 274 g/mol. The molecule has 0 aromatic heterocycles. The molecule has 1 rings (SSSR count).